The van der Waals surface area contributed by atoms with Gasteiger partial charge >= 0.3 is 5.97 Å². The molecule has 1 saturated heterocycles. The van der Waals surface area contributed by atoms with Gasteiger partial charge < -0.3 is 28.8 Å². The van der Waals surface area contributed by atoms with Crippen molar-refractivity contribution in [1.82, 2.24) is 0 Å². The molecule has 1 aliphatic heterocycles. The van der Waals surface area contributed by atoms with E-state index < -0.39 is 28.3 Å². The van der Waals surface area contributed by atoms with Gasteiger partial charge in [-0.3, -0.25) is 4.79 Å². The van der Waals surface area contributed by atoms with Crippen molar-refractivity contribution in [3.63, 3.8) is 0 Å². The lowest BCUT2D eigenvalue weighted by Gasteiger charge is -2.49. The second-order valence-corrected chi connectivity index (χ2v) is 12.2. The van der Waals surface area contributed by atoms with Crippen LogP contribution in [0.3, 0.4) is 0 Å². The largest absolute Gasteiger partial charge is 0.496 e. The molecule has 3 fully saturated rings. The molecule has 1 N–H and O–H groups in total. The van der Waals surface area contributed by atoms with Crippen LogP contribution in [0.25, 0.3) is 0 Å². The normalized spacial score (nSPS) is 30.5. The highest BCUT2D eigenvalue weighted by atomic mass is 16.7. The van der Waals surface area contributed by atoms with Crippen LogP contribution in [0.5, 0.6) is 11.5 Å². The summed E-state index contributed by atoms with van der Waals surface area (Å²) in [6.45, 7) is 14.6. The van der Waals surface area contributed by atoms with Gasteiger partial charge in [0.2, 0.25) is 0 Å². The van der Waals surface area contributed by atoms with E-state index in [0.29, 0.717) is 37.1 Å². The Bertz CT molecular complexity index is 986. The zero-order chi connectivity index (χ0) is 26.0. The van der Waals surface area contributed by atoms with Crippen LogP contribution < -0.4 is 9.47 Å². The topological polar surface area (TPSA) is 83.5 Å². The number of benzene rings is 1. The van der Waals surface area contributed by atoms with E-state index in [0.717, 1.165) is 24.0 Å². The minimum absolute atomic E-state index is 0.101. The zero-order valence-electron chi connectivity index (χ0n) is 22.7. The molecule has 0 radical (unpaired) electrons. The number of rotatable bonds is 7. The van der Waals surface area contributed by atoms with E-state index in [2.05, 4.69) is 20.8 Å². The summed E-state index contributed by atoms with van der Waals surface area (Å²) in [5, 5.41) is 10.8. The molecule has 1 aromatic carbocycles. The number of ether oxygens (including phenoxy) is 5. The molecule has 1 aromatic rings. The van der Waals surface area contributed by atoms with Crippen LogP contribution in [0, 0.1) is 16.7 Å². The number of carbonyl (C=O) groups is 1. The Hall–Kier alpha value is -1.83. The van der Waals surface area contributed by atoms with E-state index in [-0.39, 0.29) is 11.4 Å². The Morgan fingerprint density at radius 2 is 1.63 bits per heavy atom. The molecule has 0 aromatic heterocycles. The Labute approximate surface area is 209 Å². The average molecular weight is 491 g/mol. The van der Waals surface area contributed by atoms with Crippen molar-refractivity contribution >= 4 is 5.97 Å². The molecule has 0 amide bonds. The lowest BCUT2D eigenvalue weighted by atomic mass is 9.55. The van der Waals surface area contributed by atoms with E-state index in [1.54, 1.807) is 41.9 Å². The van der Waals surface area contributed by atoms with E-state index in [4.69, 9.17) is 23.7 Å². The molecule has 0 spiro atoms. The molecule has 2 saturated carbocycles. The van der Waals surface area contributed by atoms with Gasteiger partial charge in [0.1, 0.15) is 22.5 Å². The maximum absolute atomic E-state index is 14.5. The van der Waals surface area contributed by atoms with Crippen molar-refractivity contribution in [2.24, 2.45) is 16.7 Å². The summed E-state index contributed by atoms with van der Waals surface area (Å²) in [4.78, 5) is 14.5. The first kappa shape index (κ1) is 26.2. The quantitative estimate of drug-likeness (QED) is 0.543. The lowest BCUT2D eigenvalue weighted by Crippen LogP contribution is -2.56. The van der Waals surface area contributed by atoms with Crippen molar-refractivity contribution in [2.45, 2.75) is 90.6 Å². The number of carbonyl (C=O) groups excluding carboxylic acids is 1. The maximum Gasteiger partial charge on any atom is 0.317 e. The molecule has 2 bridgehead atoms. The molecule has 7 heteroatoms. The fourth-order valence-electron chi connectivity index (χ4n) is 6.56. The summed E-state index contributed by atoms with van der Waals surface area (Å²) < 4.78 is 29.5. The molecule has 3 atom stereocenters. The van der Waals surface area contributed by atoms with Crippen LogP contribution in [-0.4, -0.2) is 49.7 Å². The molecule has 35 heavy (non-hydrogen) atoms. The summed E-state index contributed by atoms with van der Waals surface area (Å²) in [6, 6.07) is 3.79. The van der Waals surface area contributed by atoms with Crippen molar-refractivity contribution in [2.75, 3.05) is 27.4 Å². The number of hydrogen-bond donors (Lipinski definition) is 1. The zero-order valence-corrected chi connectivity index (χ0v) is 22.7. The SMILES string of the molecule is COc1cc(OC)c(C2(C(=O)OC(C)(C)C(C)(C)O)CC3CCC2(C)C3(C)C)cc1C1OCCO1. The Morgan fingerprint density at radius 3 is 2.09 bits per heavy atom. The first-order valence-corrected chi connectivity index (χ1v) is 12.6. The highest BCUT2D eigenvalue weighted by Crippen LogP contribution is 2.74. The minimum Gasteiger partial charge on any atom is -0.496 e. The predicted molar refractivity (Wildman–Crippen MR) is 132 cm³/mol. The Kier molecular flexibility index (Phi) is 6.26. The van der Waals surface area contributed by atoms with Crippen LogP contribution >= 0.6 is 0 Å². The van der Waals surface area contributed by atoms with Gasteiger partial charge in [-0.1, -0.05) is 20.8 Å². The lowest BCUT2D eigenvalue weighted by molar-refractivity contribution is -0.193. The van der Waals surface area contributed by atoms with E-state index >= 15 is 0 Å². The molecule has 196 valence electrons. The van der Waals surface area contributed by atoms with Gasteiger partial charge in [-0.2, -0.15) is 0 Å². The second-order valence-electron chi connectivity index (χ2n) is 12.2. The third-order valence-electron chi connectivity index (χ3n) is 9.99. The monoisotopic (exact) mass is 490 g/mol. The summed E-state index contributed by atoms with van der Waals surface area (Å²) >= 11 is 0. The molecule has 2 aliphatic carbocycles. The number of esters is 1. The summed E-state index contributed by atoms with van der Waals surface area (Å²) in [5.74, 6) is 1.18. The summed E-state index contributed by atoms with van der Waals surface area (Å²) in [7, 11) is 3.21. The molecule has 3 aliphatic rings. The van der Waals surface area contributed by atoms with Crippen molar-refractivity contribution < 1.29 is 33.6 Å². The third kappa shape index (κ3) is 3.60. The number of aliphatic hydroxyl groups is 1. The maximum atomic E-state index is 14.5. The first-order valence-electron chi connectivity index (χ1n) is 12.6. The first-order chi connectivity index (χ1) is 16.2. The smallest absolute Gasteiger partial charge is 0.317 e. The molecular formula is C28H42O7. The number of hydrogen-bond acceptors (Lipinski definition) is 7. The number of methoxy groups -OCH3 is 2. The van der Waals surface area contributed by atoms with Gasteiger partial charge in [0, 0.05) is 11.6 Å². The van der Waals surface area contributed by atoms with E-state index in [9.17, 15) is 9.90 Å². The third-order valence-corrected chi connectivity index (χ3v) is 9.99. The average Bonchev–Trinajstić information content (AvgIpc) is 3.42. The van der Waals surface area contributed by atoms with Crippen molar-refractivity contribution in [1.29, 1.82) is 0 Å². The minimum atomic E-state index is -1.22. The Balaban J connectivity index is 1.96. The van der Waals surface area contributed by atoms with Gasteiger partial charge in [-0.15, -0.1) is 0 Å². The fraction of sp³-hybridized carbons (Fsp3) is 0.750. The molecular weight excluding hydrogens is 448 g/mol. The highest BCUT2D eigenvalue weighted by Gasteiger charge is 2.73. The van der Waals surface area contributed by atoms with Crippen LogP contribution in [-0.2, 0) is 24.4 Å². The van der Waals surface area contributed by atoms with E-state index in [1.807, 2.05) is 12.1 Å². The number of fused-ring (bicyclic) bond motifs is 2. The molecule has 1 heterocycles. The van der Waals surface area contributed by atoms with Gasteiger partial charge in [0.15, 0.2) is 6.29 Å². The standard InChI is InChI=1S/C28H42O7/c1-24(2)17-10-11-27(24,7)28(16-17,23(29)35-26(5,6)25(3,4)30)19-14-18(22-33-12-13-34-22)20(31-8)15-21(19)32-9/h14-15,17,22,30H,10-13,16H2,1-9H3. The Morgan fingerprint density at radius 1 is 1.03 bits per heavy atom. The van der Waals surface area contributed by atoms with Crippen LogP contribution in [0.1, 0.15) is 85.1 Å². The summed E-state index contributed by atoms with van der Waals surface area (Å²) in [6.07, 6.45) is 2.03. The van der Waals surface area contributed by atoms with Gasteiger partial charge in [0.05, 0.1) is 38.6 Å². The van der Waals surface area contributed by atoms with Gasteiger partial charge in [-0.05, 0) is 69.8 Å². The van der Waals surface area contributed by atoms with Crippen LogP contribution in [0.2, 0.25) is 0 Å². The van der Waals surface area contributed by atoms with Gasteiger partial charge in [0.25, 0.3) is 0 Å². The van der Waals surface area contributed by atoms with Gasteiger partial charge in [-0.25, -0.2) is 0 Å². The van der Waals surface area contributed by atoms with E-state index in [1.165, 1.54) is 0 Å². The molecule has 4 rings (SSSR count). The highest BCUT2D eigenvalue weighted by molar-refractivity contribution is 5.87. The molecule has 7 nitrogen and oxygen atoms in total. The van der Waals surface area contributed by atoms with Crippen LogP contribution in [0.4, 0.5) is 0 Å². The summed E-state index contributed by atoms with van der Waals surface area (Å²) in [5.41, 5.74) is -2.29. The fourth-order valence-corrected chi connectivity index (χ4v) is 6.56. The second kappa shape index (κ2) is 8.35. The van der Waals surface area contributed by atoms with Crippen molar-refractivity contribution in [3.8, 4) is 11.5 Å². The van der Waals surface area contributed by atoms with Crippen LogP contribution in [0.15, 0.2) is 12.1 Å². The molecule has 3 unspecified atom stereocenters. The predicted octanol–water partition coefficient (Wildman–Crippen LogP) is 4.93. The van der Waals surface area contributed by atoms with Crippen molar-refractivity contribution in [3.05, 3.63) is 23.3 Å².